The molecule has 2 aromatic rings. The molecule has 0 aliphatic rings. The molecule has 0 aliphatic heterocycles. The number of thiazole rings is 1. The lowest BCUT2D eigenvalue weighted by Crippen LogP contribution is -2.14. The number of hydrogen-bond donors (Lipinski definition) is 1. The van der Waals surface area contributed by atoms with Gasteiger partial charge >= 0.3 is 0 Å². The predicted molar refractivity (Wildman–Crippen MR) is 79.7 cm³/mol. The predicted octanol–water partition coefficient (Wildman–Crippen LogP) is 4.45. The van der Waals surface area contributed by atoms with Gasteiger partial charge in [0.25, 0.3) is 0 Å². The minimum Gasteiger partial charge on any atom is -0.313 e. The molecule has 0 saturated heterocycles. The van der Waals surface area contributed by atoms with Crippen LogP contribution in [0.3, 0.4) is 0 Å². The average Bonchev–Trinajstić information content (AvgIpc) is 2.85. The van der Waals surface area contributed by atoms with Crippen LogP contribution >= 0.6 is 34.7 Å². The number of halogens is 1. The number of nitrogens with zero attached hydrogens (tertiary/aromatic N) is 1. The van der Waals surface area contributed by atoms with Crippen LogP contribution in [0.15, 0.2) is 39.0 Å². The summed E-state index contributed by atoms with van der Waals surface area (Å²) in [6, 6.07) is 6.04. The number of hydrogen-bond acceptors (Lipinski definition) is 4. The zero-order valence-corrected chi connectivity index (χ0v) is 12.5. The normalized spacial score (nSPS) is 10.8. The van der Waals surface area contributed by atoms with Gasteiger partial charge < -0.3 is 5.32 Å². The van der Waals surface area contributed by atoms with Crippen LogP contribution in [0.5, 0.6) is 0 Å². The van der Waals surface area contributed by atoms with E-state index in [-0.39, 0.29) is 0 Å². The summed E-state index contributed by atoms with van der Waals surface area (Å²) in [5.41, 5.74) is 1.27. The molecular formula is C13H15ClN2S2. The maximum atomic E-state index is 6.07. The third-order valence-corrected chi connectivity index (χ3v) is 4.60. The first-order valence-corrected chi connectivity index (χ1v) is 7.93. The lowest BCUT2D eigenvalue weighted by molar-refractivity contribution is 0.669. The van der Waals surface area contributed by atoms with Gasteiger partial charge in [0.15, 0.2) is 4.34 Å². The van der Waals surface area contributed by atoms with Crippen molar-refractivity contribution in [2.24, 2.45) is 0 Å². The maximum Gasteiger partial charge on any atom is 0.154 e. The maximum absolute atomic E-state index is 6.07. The van der Waals surface area contributed by atoms with Crippen molar-refractivity contribution in [3.05, 3.63) is 40.4 Å². The second-order valence-electron chi connectivity index (χ2n) is 3.83. The molecule has 0 spiro atoms. The summed E-state index contributed by atoms with van der Waals surface area (Å²) in [6.07, 6.45) is 2.97. The van der Waals surface area contributed by atoms with Crippen molar-refractivity contribution in [3.8, 4) is 0 Å². The highest BCUT2D eigenvalue weighted by Gasteiger charge is 2.07. The van der Waals surface area contributed by atoms with Crippen LogP contribution in [0.4, 0.5) is 0 Å². The quantitative estimate of drug-likeness (QED) is 0.798. The monoisotopic (exact) mass is 298 g/mol. The van der Waals surface area contributed by atoms with Crippen LogP contribution in [-0.2, 0) is 6.54 Å². The largest absolute Gasteiger partial charge is 0.313 e. The standard InChI is InChI=1S/C13H15ClN2S2/c1-2-5-15-9-10-3-4-11(14)8-12(10)18-13-16-6-7-17-13/h3-4,6-8,15H,2,5,9H2,1H3. The topological polar surface area (TPSA) is 24.9 Å². The highest BCUT2D eigenvalue weighted by molar-refractivity contribution is 8.01. The molecule has 18 heavy (non-hydrogen) atoms. The summed E-state index contributed by atoms with van der Waals surface area (Å²) in [4.78, 5) is 5.48. The van der Waals surface area contributed by atoms with Crippen LogP contribution < -0.4 is 5.32 Å². The van der Waals surface area contributed by atoms with Gasteiger partial charge in [-0.1, -0.05) is 36.4 Å². The molecule has 0 aliphatic carbocycles. The Labute approximate surface area is 121 Å². The SMILES string of the molecule is CCCNCc1ccc(Cl)cc1Sc1nccs1. The molecule has 2 rings (SSSR count). The molecule has 1 aromatic carbocycles. The first-order valence-electron chi connectivity index (χ1n) is 5.86. The van der Waals surface area contributed by atoms with Crippen LogP contribution in [-0.4, -0.2) is 11.5 Å². The van der Waals surface area contributed by atoms with Gasteiger partial charge in [-0.05, 0) is 30.7 Å². The van der Waals surface area contributed by atoms with Crippen LogP contribution in [0.2, 0.25) is 5.02 Å². The summed E-state index contributed by atoms with van der Waals surface area (Å²) >= 11 is 9.39. The Kier molecular flexibility index (Phi) is 5.50. The van der Waals surface area contributed by atoms with Gasteiger partial charge in [-0.3, -0.25) is 0 Å². The highest BCUT2D eigenvalue weighted by atomic mass is 35.5. The van der Waals surface area contributed by atoms with Crippen LogP contribution in [0.1, 0.15) is 18.9 Å². The summed E-state index contributed by atoms with van der Waals surface area (Å²) in [6.45, 7) is 4.07. The minimum atomic E-state index is 0.772. The summed E-state index contributed by atoms with van der Waals surface area (Å²) in [7, 11) is 0. The molecule has 0 fully saturated rings. The van der Waals surface area contributed by atoms with E-state index in [1.165, 1.54) is 10.5 Å². The fraction of sp³-hybridized carbons (Fsp3) is 0.308. The lowest BCUT2D eigenvalue weighted by atomic mass is 10.2. The smallest absolute Gasteiger partial charge is 0.154 e. The van der Waals surface area contributed by atoms with Crippen molar-refractivity contribution in [3.63, 3.8) is 0 Å². The molecule has 96 valence electrons. The van der Waals surface area contributed by atoms with E-state index in [9.17, 15) is 0 Å². The van der Waals surface area contributed by atoms with E-state index >= 15 is 0 Å². The molecule has 0 atom stereocenters. The van der Waals surface area contributed by atoms with Crippen LogP contribution in [0, 0.1) is 0 Å². The molecule has 0 unspecified atom stereocenters. The van der Waals surface area contributed by atoms with Gasteiger partial charge in [0.1, 0.15) is 0 Å². The fourth-order valence-electron chi connectivity index (χ4n) is 1.52. The summed E-state index contributed by atoms with van der Waals surface area (Å²) in [5.74, 6) is 0. The Morgan fingerprint density at radius 3 is 3.06 bits per heavy atom. The third-order valence-electron chi connectivity index (χ3n) is 2.38. The second kappa shape index (κ2) is 7.14. The van der Waals surface area contributed by atoms with E-state index in [4.69, 9.17) is 11.6 Å². The molecule has 1 N–H and O–H groups in total. The second-order valence-corrected chi connectivity index (χ2v) is 6.45. The molecule has 2 nitrogen and oxygen atoms in total. The molecule has 1 heterocycles. The Morgan fingerprint density at radius 1 is 1.44 bits per heavy atom. The van der Waals surface area contributed by atoms with E-state index in [1.54, 1.807) is 23.1 Å². The molecule has 1 aromatic heterocycles. The number of benzene rings is 1. The van der Waals surface area contributed by atoms with Crippen LogP contribution in [0.25, 0.3) is 0 Å². The zero-order chi connectivity index (χ0) is 12.8. The van der Waals surface area contributed by atoms with E-state index in [1.807, 2.05) is 23.7 Å². The van der Waals surface area contributed by atoms with Crippen molar-refractivity contribution < 1.29 is 0 Å². The van der Waals surface area contributed by atoms with Gasteiger partial charge in [0.2, 0.25) is 0 Å². The average molecular weight is 299 g/mol. The van der Waals surface area contributed by atoms with Gasteiger partial charge in [-0.25, -0.2) is 4.98 Å². The number of aromatic nitrogens is 1. The molecule has 0 amide bonds. The van der Waals surface area contributed by atoms with E-state index in [0.717, 1.165) is 28.9 Å². The van der Waals surface area contributed by atoms with E-state index in [2.05, 4.69) is 23.3 Å². The Morgan fingerprint density at radius 2 is 2.33 bits per heavy atom. The molecular weight excluding hydrogens is 284 g/mol. The highest BCUT2D eigenvalue weighted by Crippen LogP contribution is 2.33. The number of rotatable bonds is 6. The van der Waals surface area contributed by atoms with Gasteiger partial charge in [0.05, 0.1) is 0 Å². The van der Waals surface area contributed by atoms with Crippen molar-refractivity contribution in [2.75, 3.05) is 6.54 Å². The third kappa shape index (κ3) is 3.99. The molecule has 5 heteroatoms. The first-order chi connectivity index (χ1) is 8.79. The van der Waals surface area contributed by atoms with Gasteiger partial charge in [-0.15, -0.1) is 11.3 Å². The van der Waals surface area contributed by atoms with Crippen molar-refractivity contribution in [2.45, 2.75) is 29.1 Å². The molecule has 0 bridgehead atoms. The Balaban J connectivity index is 2.12. The van der Waals surface area contributed by atoms with Crippen molar-refractivity contribution >= 4 is 34.7 Å². The van der Waals surface area contributed by atoms with E-state index in [0.29, 0.717) is 0 Å². The Bertz CT molecular complexity index is 486. The van der Waals surface area contributed by atoms with Crippen molar-refractivity contribution in [1.82, 2.24) is 10.3 Å². The van der Waals surface area contributed by atoms with Crippen molar-refractivity contribution in [1.29, 1.82) is 0 Å². The molecule has 0 saturated carbocycles. The number of nitrogens with one attached hydrogen (secondary N) is 1. The lowest BCUT2D eigenvalue weighted by Gasteiger charge is -2.09. The fourth-order valence-corrected chi connectivity index (χ4v) is 3.51. The Hall–Kier alpha value is -0.550. The first kappa shape index (κ1) is 13.9. The zero-order valence-electron chi connectivity index (χ0n) is 10.1. The summed E-state index contributed by atoms with van der Waals surface area (Å²) in [5, 5.41) is 6.18. The summed E-state index contributed by atoms with van der Waals surface area (Å²) < 4.78 is 1.05. The van der Waals surface area contributed by atoms with Gasteiger partial charge in [0, 0.05) is 28.0 Å². The molecule has 0 radical (unpaired) electrons. The minimum absolute atomic E-state index is 0.772. The van der Waals surface area contributed by atoms with E-state index < -0.39 is 0 Å². The van der Waals surface area contributed by atoms with Gasteiger partial charge in [-0.2, -0.15) is 0 Å².